The van der Waals surface area contributed by atoms with Crippen LogP contribution in [-0.4, -0.2) is 48.3 Å². The standard InChI is InChI=1S/C12H25N3O2/c1-4-10-9-17-8-7-15(10)6-5-12(2,3)11(13)14-16/h10,16H,4-9H2,1-3H3,(H2,13,14). The van der Waals surface area contributed by atoms with Gasteiger partial charge in [0.05, 0.1) is 13.2 Å². The number of hydrogen-bond acceptors (Lipinski definition) is 4. The van der Waals surface area contributed by atoms with Gasteiger partial charge in [0.1, 0.15) is 5.84 Å². The summed E-state index contributed by atoms with van der Waals surface area (Å²) in [6.45, 7) is 9.75. The first kappa shape index (κ1) is 14.3. The van der Waals surface area contributed by atoms with E-state index in [1.165, 1.54) is 0 Å². The quantitative estimate of drug-likeness (QED) is 0.330. The zero-order valence-electron chi connectivity index (χ0n) is 11.1. The molecule has 1 atom stereocenters. The van der Waals surface area contributed by atoms with Gasteiger partial charge in [0.15, 0.2) is 0 Å². The Balaban J connectivity index is 2.48. The van der Waals surface area contributed by atoms with E-state index in [9.17, 15) is 0 Å². The molecule has 17 heavy (non-hydrogen) atoms. The second kappa shape index (κ2) is 6.21. The first-order chi connectivity index (χ1) is 8.01. The molecule has 5 heteroatoms. The van der Waals surface area contributed by atoms with E-state index in [1.807, 2.05) is 13.8 Å². The van der Waals surface area contributed by atoms with Gasteiger partial charge in [0, 0.05) is 18.0 Å². The van der Waals surface area contributed by atoms with Crippen LogP contribution in [-0.2, 0) is 4.74 Å². The van der Waals surface area contributed by atoms with Gasteiger partial charge in [-0.25, -0.2) is 0 Å². The largest absolute Gasteiger partial charge is 0.409 e. The lowest BCUT2D eigenvalue weighted by Crippen LogP contribution is -2.47. The molecule has 3 N–H and O–H groups in total. The van der Waals surface area contributed by atoms with E-state index in [0.717, 1.165) is 39.1 Å². The molecule has 1 unspecified atom stereocenters. The van der Waals surface area contributed by atoms with Crippen molar-refractivity contribution in [1.82, 2.24) is 4.90 Å². The number of nitrogens with two attached hydrogens (primary N) is 1. The number of nitrogens with zero attached hydrogens (tertiary/aromatic N) is 2. The van der Waals surface area contributed by atoms with Crippen molar-refractivity contribution in [3.05, 3.63) is 0 Å². The Kier molecular flexibility index (Phi) is 5.21. The van der Waals surface area contributed by atoms with Crippen molar-refractivity contribution in [2.45, 2.75) is 39.7 Å². The first-order valence-electron chi connectivity index (χ1n) is 6.31. The van der Waals surface area contributed by atoms with Gasteiger partial charge in [-0.2, -0.15) is 0 Å². The Morgan fingerprint density at radius 3 is 2.88 bits per heavy atom. The Labute approximate surface area is 104 Å². The average molecular weight is 243 g/mol. The molecule has 0 aliphatic carbocycles. The molecule has 0 aromatic rings. The maximum absolute atomic E-state index is 8.73. The summed E-state index contributed by atoms with van der Waals surface area (Å²) in [5, 5.41) is 11.8. The van der Waals surface area contributed by atoms with Crippen LogP contribution in [0.3, 0.4) is 0 Å². The van der Waals surface area contributed by atoms with Gasteiger partial charge in [0.2, 0.25) is 0 Å². The summed E-state index contributed by atoms with van der Waals surface area (Å²) in [6.07, 6.45) is 1.99. The fourth-order valence-corrected chi connectivity index (χ4v) is 2.05. The van der Waals surface area contributed by atoms with Gasteiger partial charge in [-0.15, -0.1) is 0 Å². The van der Waals surface area contributed by atoms with E-state index in [1.54, 1.807) is 0 Å². The second-order valence-corrected chi connectivity index (χ2v) is 5.29. The van der Waals surface area contributed by atoms with Crippen LogP contribution in [0.1, 0.15) is 33.6 Å². The summed E-state index contributed by atoms with van der Waals surface area (Å²) in [6, 6.07) is 0.506. The predicted octanol–water partition coefficient (Wildman–Crippen LogP) is 1.26. The fourth-order valence-electron chi connectivity index (χ4n) is 2.05. The fraction of sp³-hybridized carbons (Fsp3) is 0.917. The minimum absolute atomic E-state index is 0.259. The summed E-state index contributed by atoms with van der Waals surface area (Å²) >= 11 is 0. The van der Waals surface area contributed by atoms with Crippen molar-refractivity contribution in [3.8, 4) is 0 Å². The molecular formula is C12H25N3O2. The average Bonchev–Trinajstić information content (AvgIpc) is 2.35. The van der Waals surface area contributed by atoms with E-state index in [4.69, 9.17) is 15.7 Å². The van der Waals surface area contributed by atoms with Gasteiger partial charge in [-0.1, -0.05) is 25.9 Å². The topological polar surface area (TPSA) is 71.1 Å². The normalized spacial score (nSPS) is 23.9. The third-order valence-electron chi connectivity index (χ3n) is 3.65. The van der Waals surface area contributed by atoms with Gasteiger partial charge in [-0.3, -0.25) is 4.90 Å². The Morgan fingerprint density at radius 2 is 2.29 bits per heavy atom. The summed E-state index contributed by atoms with van der Waals surface area (Å²) in [5.41, 5.74) is 5.43. The highest BCUT2D eigenvalue weighted by Gasteiger charge is 2.27. The highest BCUT2D eigenvalue weighted by molar-refractivity contribution is 5.85. The lowest BCUT2D eigenvalue weighted by molar-refractivity contribution is -0.0113. The number of oxime groups is 1. The van der Waals surface area contributed by atoms with E-state index >= 15 is 0 Å². The Bertz CT molecular complexity index is 266. The molecule has 1 heterocycles. The van der Waals surface area contributed by atoms with Gasteiger partial charge in [-0.05, 0) is 19.4 Å². The lowest BCUT2D eigenvalue weighted by atomic mass is 9.87. The summed E-state index contributed by atoms with van der Waals surface area (Å²) in [4.78, 5) is 2.44. The molecule has 1 rings (SSSR count). The van der Waals surface area contributed by atoms with Crippen LogP contribution in [0.25, 0.3) is 0 Å². The highest BCUT2D eigenvalue weighted by atomic mass is 16.5. The van der Waals surface area contributed by atoms with Crippen LogP contribution in [0.15, 0.2) is 5.16 Å². The Morgan fingerprint density at radius 1 is 1.59 bits per heavy atom. The number of hydrogen-bond donors (Lipinski definition) is 2. The van der Waals surface area contributed by atoms with Crippen molar-refractivity contribution in [2.75, 3.05) is 26.3 Å². The second-order valence-electron chi connectivity index (χ2n) is 5.29. The Hall–Kier alpha value is -0.810. The maximum Gasteiger partial charge on any atom is 0.144 e. The van der Waals surface area contributed by atoms with Crippen LogP contribution in [0.4, 0.5) is 0 Å². The molecule has 0 radical (unpaired) electrons. The lowest BCUT2D eigenvalue weighted by Gasteiger charge is -2.37. The van der Waals surface area contributed by atoms with Crippen molar-refractivity contribution in [3.63, 3.8) is 0 Å². The molecule has 1 saturated heterocycles. The molecular weight excluding hydrogens is 218 g/mol. The highest BCUT2D eigenvalue weighted by Crippen LogP contribution is 2.22. The molecule has 0 spiro atoms. The van der Waals surface area contributed by atoms with Gasteiger partial charge >= 0.3 is 0 Å². The molecule has 100 valence electrons. The minimum atomic E-state index is -0.259. The van der Waals surface area contributed by atoms with Crippen molar-refractivity contribution < 1.29 is 9.94 Å². The van der Waals surface area contributed by atoms with Crippen molar-refractivity contribution in [2.24, 2.45) is 16.3 Å². The summed E-state index contributed by atoms with van der Waals surface area (Å²) in [5.74, 6) is 0.304. The third-order valence-corrected chi connectivity index (χ3v) is 3.65. The minimum Gasteiger partial charge on any atom is -0.409 e. The third kappa shape index (κ3) is 3.85. The van der Waals surface area contributed by atoms with Crippen LogP contribution < -0.4 is 5.73 Å². The van der Waals surface area contributed by atoms with Crippen LogP contribution in [0, 0.1) is 5.41 Å². The van der Waals surface area contributed by atoms with Crippen molar-refractivity contribution >= 4 is 5.84 Å². The molecule has 0 saturated carbocycles. The number of rotatable bonds is 5. The molecule has 1 aliphatic heterocycles. The predicted molar refractivity (Wildman–Crippen MR) is 68.3 cm³/mol. The van der Waals surface area contributed by atoms with Crippen LogP contribution in [0.5, 0.6) is 0 Å². The van der Waals surface area contributed by atoms with E-state index < -0.39 is 0 Å². The van der Waals surface area contributed by atoms with E-state index in [-0.39, 0.29) is 5.41 Å². The van der Waals surface area contributed by atoms with E-state index in [2.05, 4.69) is 17.0 Å². The molecule has 0 aromatic heterocycles. The summed E-state index contributed by atoms with van der Waals surface area (Å²) in [7, 11) is 0. The smallest absolute Gasteiger partial charge is 0.144 e. The van der Waals surface area contributed by atoms with Gasteiger partial charge in [0.25, 0.3) is 0 Å². The van der Waals surface area contributed by atoms with Crippen LogP contribution >= 0.6 is 0 Å². The molecule has 5 nitrogen and oxygen atoms in total. The monoisotopic (exact) mass is 243 g/mol. The van der Waals surface area contributed by atoms with Gasteiger partial charge < -0.3 is 15.7 Å². The zero-order valence-corrected chi connectivity index (χ0v) is 11.1. The molecule has 1 fully saturated rings. The maximum atomic E-state index is 8.73. The van der Waals surface area contributed by atoms with Crippen molar-refractivity contribution in [1.29, 1.82) is 0 Å². The number of amidine groups is 1. The van der Waals surface area contributed by atoms with E-state index in [0.29, 0.717) is 11.9 Å². The molecule has 0 aromatic carbocycles. The molecule has 0 amide bonds. The number of morpholine rings is 1. The molecule has 0 bridgehead atoms. The first-order valence-corrected chi connectivity index (χ1v) is 6.31. The number of ether oxygens (including phenoxy) is 1. The molecule has 1 aliphatic rings. The SMILES string of the molecule is CCC1COCCN1CCC(C)(C)C(N)=NO. The zero-order chi connectivity index (χ0) is 12.9. The summed E-state index contributed by atoms with van der Waals surface area (Å²) < 4.78 is 5.47. The van der Waals surface area contributed by atoms with Crippen LogP contribution in [0.2, 0.25) is 0 Å².